The van der Waals surface area contributed by atoms with Gasteiger partial charge in [0.2, 0.25) is 5.91 Å². The monoisotopic (exact) mass is 499 g/mol. The number of carbonyl (C=O) groups is 2. The highest BCUT2D eigenvalue weighted by atomic mass is 16.5. The SMILES string of the molecule is COc1cc2c(cc1OC)C(c1ccccc1)N(C(=O)NC(Cc1ccccc1)C(=O)NC1CC1)CC2. The first-order valence-corrected chi connectivity index (χ1v) is 12.8. The maximum absolute atomic E-state index is 13.9. The number of carbonyl (C=O) groups excluding carboxylic acids is 2. The minimum atomic E-state index is -0.668. The topological polar surface area (TPSA) is 79.9 Å². The molecule has 3 amide bonds. The Bertz CT molecular complexity index is 1240. The first-order chi connectivity index (χ1) is 18.1. The summed E-state index contributed by atoms with van der Waals surface area (Å²) in [5, 5.41) is 6.14. The quantitative estimate of drug-likeness (QED) is 0.486. The molecular formula is C30H33N3O4. The Kier molecular flexibility index (Phi) is 7.30. The summed E-state index contributed by atoms with van der Waals surface area (Å²) in [4.78, 5) is 28.8. The largest absolute Gasteiger partial charge is 0.493 e. The van der Waals surface area contributed by atoms with E-state index in [9.17, 15) is 9.59 Å². The lowest BCUT2D eigenvalue weighted by molar-refractivity contribution is -0.123. The van der Waals surface area contributed by atoms with Gasteiger partial charge in [-0.1, -0.05) is 60.7 Å². The van der Waals surface area contributed by atoms with Gasteiger partial charge in [-0.25, -0.2) is 4.79 Å². The molecule has 2 atom stereocenters. The second-order valence-electron chi connectivity index (χ2n) is 9.64. The normalized spacial score (nSPS) is 17.4. The van der Waals surface area contributed by atoms with Crippen molar-refractivity contribution >= 4 is 11.9 Å². The van der Waals surface area contributed by atoms with E-state index in [0.29, 0.717) is 30.9 Å². The van der Waals surface area contributed by atoms with Gasteiger partial charge in [-0.05, 0) is 53.6 Å². The van der Waals surface area contributed by atoms with E-state index in [1.54, 1.807) is 14.2 Å². The molecule has 5 rings (SSSR count). The first kappa shape index (κ1) is 24.7. The fraction of sp³-hybridized carbons (Fsp3) is 0.333. The summed E-state index contributed by atoms with van der Waals surface area (Å²) >= 11 is 0. The van der Waals surface area contributed by atoms with Gasteiger partial charge in [0.05, 0.1) is 20.3 Å². The molecule has 3 aromatic carbocycles. The molecule has 37 heavy (non-hydrogen) atoms. The number of benzene rings is 3. The maximum atomic E-state index is 13.9. The van der Waals surface area contributed by atoms with Gasteiger partial charge in [0, 0.05) is 19.0 Å². The third-order valence-corrected chi connectivity index (χ3v) is 7.07. The molecule has 2 aliphatic rings. The van der Waals surface area contributed by atoms with Gasteiger partial charge < -0.3 is 25.0 Å². The van der Waals surface area contributed by atoms with Crippen LogP contribution in [0.15, 0.2) is 72.8 Å². The van der Waals surface area contributed by atoms with Gasteiger partial charge in [-0.15, -0.1) is 0 Å². The summed E-state index contributed by atoms with van der Waals surface area (Å²) in [5.41, 5.74) is 4.10. The molecule has 1 aliphatic heterocycles. The lowest BCUT2D eigenvalue weighted by Crippen LogP contribution is -2.54. The predicted molar refractivity (Wildman–Crippen MR) is 142 cm³/mol. The minimum Gasteiger partial charge on any atom is -0.493 e. The molecule has 0 bridgehead atoms. The van der Waals surface area contributed by atoms with Gasteiger partial charge in [-0.3, -0.25) is 4.79 Å². The maximum Gasteiger partial charge on any atom is 0.318 e. The molecule has 1 fully saturated rings. The summed E-state index contributed by atoms with van der Waals surface area (Å²) in [6, 6.07) is 22.7. The molecule has 2 N–H and O–H groups in total. The Morgan fingerprint density at radius 2 is 1.59 bits per heavy atom. The summed E-state index contributed by atoms with van der Waals surface area (Å²) in [5.74, 6) is 1.15. The van der Waals surface area contributed by atoms with Crippen LogP contribution >= 0.6 is 0 Å². The van der Waals surface area contributed by atoms with Gasteiger partial charge in [-0.2, -0.15) is 0 Å². The highest BCUT2D eigenvalue weighted by molar-refractivity contribution is 5.88. The average Bonchev–Trinajstić information content (AvgIpc) is 3.76. The molecule has 3 aromatic rings. The number of nitrogens with zero attached hydrogens (tertiary/aromatic N) is 1. The van der Waals surface area contributed by atoms with Crippen molar-refractivity contribution in [1.82, 2.24) is 15.5 Å². The second-order valence-corrected chi connectivity index (χ2v) is 9.64. The average molecular weight is 500 g/mol. The molecule has 1 aliphatic carbocycles. The summed E-state index contributed by atoms with van der Waals surface area (Å²) < 4.78 is 11.1. The smallest absolute Gasteiger partial charge is 0.318 e. The number of rotatable bonds is 8. The molecule has 1 heterocycles. The van der Waals surface area contributed by atoms with E-state index in [2.05, 4.69) is 10.6 Å². The molecule has 1 saturated carbocycles. The van der Waals surface area contributed by atoms with Crippen molar-refractivity contribution < 1.29 is 19.1 Å². The van der Waals surface area contributed by atoms with Crippen LogP contribution in [0.1, 0.15) is 41.1 Å². The van der Waals surface area contributed by atoms with Crippen molar-refractivity contribution in [2.75, 3.05) is 20.8 Å². The van der Waals surface area contributed by atoms with E-state index in [1.165, 1.54) is 0 Å². The number of nitrogens with one attached hydrogen (secondary N) is 2. The van der Waals surface area contributed by atoms with Crippen LogP contribution in [0.4, 0.5) is 4.79 Å². The van der Waals surface area contributed by atoms with Crippen LogP contribution in [-0.4, -0.2) is 49.7 Å². The number of methoxy groups -OCH3 is 2. The second kappa shape index (κ2) is 10.9. The van der Waals surface area contributed by atoms with Crippen LogP contribution in [0, 0.1) is 0 Å². The number of amides is 3. The molecule has 2 unspecified atom stereocenters. The van der Waals surface area contributed by atoms with Crippen LogP contribution in [0.3, 0.4) is 0 Å². The third-order valence-electron chi connectivity index (χ3n) is 7.07. The highest BCUT2D eigenvalue weighted by Crippen LogP contribution is 2.41. The van der Waals surface area contributed by atoms with Crippen molar-refractivity contribution in [3.63, 3.8) is 0 Å². The fourth-order valence-electron chi connectivity index (χ4n) is 4.98. The third kappa shape index (κ3) is 5.56. The van der Waals surface area contributed by atoms with Crippen LogP contribution < -0.4 is 20.1 Å². The van der Waals surface area contributed by atoms with Gasteiger partial charge in [0.1, 0.15) is 6.04 Å². The summed E-state index contributed by atoms with van der Waals surface area (Å²) in [6.45, 7) is 0.510. The molecule has 7 heteroatoms. The molecule has 0 saturated heterocycles. The van der Waals surface area contributed by atoms with Gasteiger partial charge in [0.25, 0.3) is 0 Å². The van der Waals surface area contributed by atoms with Gasteiger partial charge >= 0.3 is 6.03 Å². The molecule has 192 valence electrons. The summed E-state index contributed by atoms with van der Waals surface area (Å²) in [6.07, 6.45) is 3.07. The number of ether oxygens (including phenoxy) is 2. The number of urea groups is 1. The molecule has 0 spiro atoms. The molecular weight excluding hydrogens is 466 g/mol. The number of hydrogen-bond acceptors (Lipinski definition) is 4. The van der Waals surface area contributed by atoms with Crippen LogP contribution in [0.5, 0.6) is 11.5 Å². The van der Waals surface area contributed by atoms with E-state index in [4.69, 9.17) is 9.47 Å². The Balaban J connectivity index is 1.46. The Hall–Kier alpha value is -4.00. The van der Waals surface area contributed by atoms with Crippen LogP contribution in [-0.2, 0) is 17.6 Å². The van der Waals surface area contributed by atoms with Crippen molar-refractivity contribution in [3.8, 4) is 11.5 Å². The fourth-order valence-corrected chi connectivity index (χ4v) is 4.98. The zero-order valence-electron chi connectivity index (χ0n) is 21.3. The Morgan fingerprint density at radius 1 is 0.946 bits per heavy atom. The van der Waals surface area contributed by atoms with E-state index in [1.807, 2.05) is 77.7 Å². The minimum absolute atomic E-state index is 0.139. The van der Waals surface area contributed by atoms with Crippen molar-refractivity contribution in [2.24, 2.45) is 0 Å². The highest BCUT2D eigenvalue weighted by Gasteiger charge is 2.36. The van der Waals surface area contributed by atoms with Gasteiger partial charge in [0.15, 0.2) is 11.5 Å². The zero-order chi connectivity index (χ0) is 25.8. The zero-order valence-corrected chi connectivity index (χ0v) is 21.3. The first-order valence-electron chi connectivity index (χ1n) is 12.8. The van der Waals surface area contributed by atoms with E-state index < -0.39 is 6.04 Å². The predicted octanol–water partition coefficient (Wildman–Crippen LogP) is 4.25. The Morgan fingerprint density at radius 3 is 2.24 bits per heavy atom. The lowest BCUT2D eigenvalue weighted by Gasteiger charge is -2.38. The van der Waals surface area contributed by atoms with Crippen LogP contribution in [0.2, 0.25) is 0 Å². The van der Waals surface area contributed by atoms with E-state index >= 15 is 0 Å². The van der Waals surface area contributed by atoms with Crippen molar-refractivity contribution in [1.29, 1.82) is 0 Å². The standard InChI is InChI=1S/C30H33N3O4/c1-36-26-18-22-15-16-33(28(21-11-7-4-8-12-21)24(22)19-27(26)37-2)30(35)32-25(29(34)31-23-13-14-23)17-20-9-5-3-6-10-20/h3-12,18-19,23,25,28H,13-17H2,1-2H3,(H,31,34)(H,32,35). The molecule has 7 nitrogen and oxygen atoms in total. The molecule has 0 aromatic heterocycles. The van der Waals surface area contributed by atoms with E-state index in [-0.39, 0.29) is 24.0 Å². The van der Waals surface area contributed by atoms with E-state index in [0.717, 1.165) is 35.1 Å². The van der Waals surface area contributed by atoms with Crippen LogP contribution in [0.25, 0.3) is 0 Å². The number of hydrogen-bond donors (Lipinski definition) is 2. The van der Waals surface area contributed by atoms with Crippen molar-refractivity contribution in [3.05, 3.63) is 95.1 Å². The summed E-state index contributed by atoms with van der Waals surface area (Å²) in [7, 11) is 3.24. The Labute approximate surface area is 217 Å². The lowest BCUT2D eigenvalue weighted by atomic mass is 9.88. The molecule has 0 radical (unpaired) electrons. The van der Waals surface area contributed by atoms with Crippen molar-refractivity contribution in [2.45, 2.75) is 43.8 Å². The number of fused-ring (bicyclic) bond motifs is 1.